The molecule has 0 aromatic heterocycles. The van der Waals surface area contributed by atoms with Gasteiger partial charge < -0.3 is 34.6 Å². The fourth-order valence-corrected chi connectivity index (χ4v) is 8.52. The van der Waals surface area contributed by atoms with Crippen LogP contribution in [0.4, 0.5) is 11.4 Å². The van der Waals surface area contributed by atoms with Gasteiger partial charge >= 0.3 is 5.97 Å². The van der Waals surface area contributed by atoms with Crippen LogP contribution in [0.1, 0.15) is 71.4 Å². The van der Waals surface area contributed by atoms with Crippen LogP contribution < -0.4 is 15.1 Å². The van der Waals surface area contributed by atoms with E-state index in [2.05, 4.69) is 37.2 Å². The van der Waals surface area contributed by atoms with E-state index in [1.807, 2.05) is 68.4 Å². The number of likely N-dealkylation sites (tertiary alicyclic amines) is 1. The molecule has 1 spiro atoms. The van der Waals surface area contributed by atoms with Gasteiger partial charge in [-0.3, -0.25) is 19.2 Å². The molecule has 0 radical (unpaired) electrons. The number of benzene rings is 2. The SMILES string of the molecule is C=CCCC(=O)OC[C@@H](NC(=O)[C@@H]1[C@H]2C(=O)N([C@@H](CO)[C@@H](C)CC)[C@H](C(=O)N(CC=C)c3ccc(N(CC)CC)cc3)[C@]23CC[C@H]1O3)c1ccccc1. The molecule has 286 valence electrons. The zero-order valence-electron chi connectivity index (χ0n) is 31.6. The molecule has 2 aromatic carbocycles. The molecule has 11 nitrogen and oxygen atoms in total. The van der Waals surface area contributed by atoms with Crippen LogP contribution in [-0.2, 0) is 28.7 Å². The van der Waals surface area contributed by atoms with Crippen molar-refractivity contribution in [2.75, 3.05) is 42.6 Å². The van der Waals surface area contributed by atoms with Crippen LogP contribution in [-0.4, -0.2) is 90.3 Å². The predicted molar refractivity (Wildman–Crippen MR) is 205 cm³/mol. The van der Waals surface area contributed by atoms with Gasteiger partial charge in [-0.15, -0.1) is 13.2 Å². The molecule has 3 saturated heterocycles. The van der Waals surface area contributed by atoms with Gasteiger partial charge in [-0.05, 0) is 68.9 Å². The predicted octanol–water partition coefficient (Wildman–Crippen LogP) is 5.20. The highest BCUT2D eigenvalue weighted by Gasteiger charge is 2.75. The van der Waals surface area contributed by atoms with E-state index in [4.69, 9.17) is 9.47 Å². The normalized spacial score (nSPS) is 24.5. The number of allylic oxidation sites excluding steroid dienone is 1. The summed E-state index contributed by atoms with van der Waals surface area (Å²) in [4.78, 5) is 62.3. The number of aliphatic hydroxyl groups excluding tert-OH is 1. The number of carbonyl (C=O) groups excluding carboxylic acids is 4. The summed E-state index contributed by atoms with van der Waals surface area (Å²) in [5.41, 5.74) is 1.15. The van der Waals surface area contributed by atoms with E-state index in [0.717, 1.165) is 24.3 Å². The van der Waals surface area contributed by atoms with Gasteiger partial charge in [0, 0.05) is 37.4 Å². The maximum atomic E-state index is 15.1. The third kappa shape index (κ3) is 7.78. The summed E-state index contributed by atoms with van der Waals surface area (Å²) < 4.78 is 12.3. The molecular weight excluding hydrogens is 672 g/mol. The zero-order chi connectivity index (χ0) is 38.3. The molecular formula is C42H56N4O7. The summed E-state index contributed by atoms with van der Waals surface area (Å²) >= 11 is 0. The number of fused-ring (bicyclic) bond motifs is 1. The molecule has 8 atom stereocenters. The summed E-state index contributed by atoms with van der Waals surface area (Å²) in [5.74, 6) is -3.50. The Morgan fingerprint density at radius 1 is 1.06 bits per heavy atom. The Morgan fingerprint density at radius 3 is 2.34 bits per heavy atom. The fourth-order valence-electron chi connectivity index (χ4n) is 8.52. The maximum absolute atomic E-state index is 15.1. The summed E-state index contributed by atoms with van der Waals surface area (Å²) in [6, 6.07) is 14.6. The van der Waals surface area contributed by atoms with Gasteiger partial charge in [-0.1, -0.05) is 62.8 Å². The van der Waals surface area contributed by atoms with Crippen molar-refractivity contribution in [1.82, 2.24) is 10.2 Å². The third-order valence-corrected chi connectivity index (χ3v) is 11.5. The number of anilines is 2. The molecule has 2 N–H and O–H groups in total. The average molecular weight is 729 g/mol. The lowest BCUT2D eigenvalue weighted by molar-refractivity contribution is -0.147. The lowest BCUT2D eigenvalue weighted by Gasteiger charge is -2.41. The first kappa shape index (κ1) is 39.7. The minimum Gasteiger partial charge on any atom is -0.463 e. The molecule has 3 aliphatic heterocycles. The molecule has 3 amide bonds. The molecule has 5 rings (SSSR count). The number of carbonyl (C=O) groups is 4. The highest BCUT2D eigenvalue weighted by atomic mass is 16.5. The maximum Gasteiger partial charge on any atom is 0.306 e. The topological polar surface area (TPSA) is 129 Å². The van der Waals surface area contributed by atoms with Gasteiger partial charge in [-0.2, -0.15) is 0 Å². The summed E-state index contributed by atoms with van der Waals surface area (Å²) in [5, 5.41) is 13.9. The van der Waals surface area contributed by atoms with Crippen LogP contribution in [0.3, 0.4) is 0 Å². The van der Waals surface area contributed by atoms with Crippen molar-refractivity contribution in [2.24, 2.45) is 17.8 Å². The quantitative estimate of drug-likeness (QED) is 0.149. The Kier molecular flexibility index (Phi) is 13.2. The lowest BCUT2D eigenvalue weighted by Crippen LogP contribution is -2.60. The first-order valence-electron chi connectivity index (χ1n) is 19.1. The second-order valence-corrected chi connectivity index (χ2v) is 14.3. The van der Waals surface area contributed by atoms with Crippen LogP contribution in [0.2, 0.25) is 0 Å². The van der Waals surface area contributed by atoms with Gasteiger partial charge in [0.25, 0.3) is 5.91 Å². The summed E-state index contributed by atoms with van der Waals surface area (Å²) in [6.07, 6.45) is 4.91. The van der Waals surface area contributed by atoms with E-state index in [1.54, 1.807) is 22.0 Å². The molecule has 2 aromatic rings. The molecule has 2 bridgehead atoms. The largest absolute Gasteiger partial charge is 0.463 e. The van der Waals surface area contributed by atoms with Crippen molar-refractivity contribution in [2.45, 2.75) is 89.6 Å². The molecule has 11 heteroatoms. The van der Waals surface area contributed by atoms with E-state index in [9.17, 15) is 19.5 Å². The van der Waals surface area contributed by atoms with Gasteiger partial charge in [0.05, 0.1) is 36.6 Å². The summed E-state index contributed by atoms with van der Waals surface area (Å²) in [7, 11) is 0. The van der Waals surface area contributed by atoms with Crippen molar-refractivity contribution in [3.05, 3.63) is 85.5 Å². The molecule has 3 heterocycles. The van der Waals surface area contributed by atoms with Gasteiger partial charge in [0.2, 0.25) is 11.8 Å². The molecule has 53 heavy (non-hydrogen) atoms. The summed E-state index contributed by atoms with van der Waals surface area (Å²) in [6.45, 7) is 17.1. The standard InChI is InChI=1S/C42H56N4O7/c1-7-12-18-35(48)52-27-32(29-16-14-13-15-17-29)43-39(49)36-34-23-24-42(53-34)37(36)40(50)46(33(26-47)28(6)9-3)38(42)41(51)45(25-8-2)31-21-19-30(20-22-31)44(10-4)11-5/h7-8,13-17,19-22,28,32-34,36-38,47H,1-2,9-12,18,23-27H2,3-6H3,(H,43,49)/t28-,32+,33-,34+,36-,37-,38+,42-/m0/s1. The highest BCUT2D eigenvalue weighted by Crippen LogP contribution is 2.59. The Bertz CT molecular complexity index is 1610. The van der Waals surface area contributed by atoms with Crippen LogP contribution in [0.25, 0.3) is 0 Å². The monoisotopic (exact) mass is 728 g/mol. The number of rotatable bonds is 19. The highest BCUT2D eigenvalue weighted by molar-refractivity contribution is 6.05. The van der Waals surface area contributed by atoms with Crippen LogP contribution in [0.5, 0.6) is 0 Å². The van der Waals surface area contributed by atoms with Crippen LogP contribution >= 0.6 is 0 Å². The first-order valence-corrected chi connectivity index (χ1v) is 19.1. The zero-order valence-corrected chi connectivity index (χ0v) is 31.6. The Balaban J connectivity index is 1.51. The number of amides is 3. The minimum atomic E-state index is -1.28. The molecule has 3 fully saturated rings. The number of nitrogens with one attached hydrogen (secondary N) is 1. The minimum absolute atomic E-state index is 0.0921. The van der Waals surface area contributed by atoms with Crippen molar-refractivity contribution >= 4 is 35.1 Å². The Labute approximate surface area is 314 Å². The van der Waals surface area contributed by atoms with E-state index in [-0.39, 0.29) is 43.9 Å². The second kappa shape index (κ2) is 17.6. The van der Waals surface area contributed by atoms with Gasteiger partial charge in [0.15, 0.2) is 0 Å². The first-order chi connectivity index (χ1) is 25.6. The van der Waals surface area contributed by atoms with Gasteiger partial charge in [-0.25, -0.2) is 0 Å². The number of aliphatic hydroxyl groups is 1. The molecule has 0 aliphatic carbocycles. The number of esters is 1. The number of hydrogen-bond acceptors (Lipinski definition) is 8. The van der Waals surface area contributed by atoms with E-state index >= 15 is 4.79 Å². The Morgan fingerprint density at radius 2 is 1.74 bits per heavy atom. The number of ether oxygens (including phenoxy) is 2. The van der Waals surface area contributed by atoms with Crippen molar-refractivity contribution < 1.29 is 33.8 Å². The fraction of sp³-hybridized carbons (Fsp3) is 0.524. The van der Waals surface area contributed by atoms with Crippen molar-refractivity contribution in [1.29, 1.82) is 0 Å². The van der Waals surface area contributed by atoms with Crippen LogP contribution in [0, 0.1) is 17.8 Å². The van der Waals surface area contributed by atoms with E-state index in [0.29, 0.717) is 31.4 Å². The molecule has 0 unspecified atom stereocenters. The van der Waals surface area contributed by atoms with E-state index < -0.39 is 53.5 Å². The smallest absolute Gasteiger partial charge is 0.306 e. The third-order valence-electron chi connectivity index (χ3n) is 11.5. The second-order valence-electron chi connectivity index (χ2n) is 14.3. The van der Waals surface area contributed by atoms with Crippen molar-refractivity contribution in [3.63, 3.8) is 0 Å². The average Bonchev–Trinajstić information content (AvgIpc) is 3.83. The number of nitrogens with zero attached hydrogens (tertiary/aromatic N) is 3. The van der Waals surface area contributed by atoms with Crippen LogP contribution in [0.15, 0.2) is 79.9 Å². The molecule has 3 aliphatic rings. The Hall–Kier alpha value is -4.48. The lowest BCUT2D eigenvalue weighted by atomic mass is 9.70. The van der Waals surface area contributed by atoms with Crippen molar-refractivity contribution in [3.8, 4) is 0 Å². The van der Waals surface area contributed by atoms with E-state index in [1.165, 1.54) is 0 Å². The van der Waals surface area contributed by atoms with Gasteiger partial charge in [0.1, 0.15) is 18.2 Å². The molecule has 0 saturated carbocycles. The number of hydrogen-bond donors (Lipinski definition) is 2.